The fourth-order valence-corrected chi connectivity index (χ4v) is 3.07. The number of amides is 2. The minimum Gasteiger partial charge on any atom is -0.338 e. The van der Waals surface area contributed by atoms with Crippen LogP contribution < -0.4 is 5.32 Å². The molecule has 4 heteroatoms. The molecule has 1 rings (SSSR count). The van der Waals surface area contributed by atoms with Gasteiger partial charge in [0.2, 0.25) is 11.8 Å². The molecule has 0 aliphatic carbocycles. The Morgan fingerprint density at radius 3 is 1.95 bits per heavy atom. The number of nitrogens with zero attached hydrogens (tertiary/aromatic N) is 1. The number of hydrogen-bond donors (Lipinski definition) is 1. The molecule has 0 aromatic rings. The molecule has 0 spiro atoms. The molecule has 0 aromatic heterocycles. The highest BCUT2D eigenvalue weighted by Crippen LogP contribution is 2.43. The molecule has 1 saturated heterocycles. The van der Waals surface area contributed by atoms with E-state index in [-0.39, 0.29) is 34.5 Å². The summed E-state index contributed by atoms with van der Waals surface area (Å²) in [5.74, 6) is -0.463. The first kappa shape index (κ1) is 17.0. The van der Waals surface area contributed by atoms with Crippen molar-refractivity contribution in [2.45, 2.75) is 54.9 Å². The van der Waals surface area contributed by atoms with Gasteiger partial charge in [-0.05, 0) is 17.3 Å². The highest BCUT2D eigenvalue weighted by atomic mass is 16.2. The molecule has 0 radical (unpaired) electrons. The SMILES string of the molecule is CCCN1CNC(=O)C(C(C)(C)C)C(C(C)(C)C)C1=O. The molecule has 0 aromatic carbocycles. The molecule has 0 bridgehead atoms. The van der Waals surface area contributed by atoms with E-state index in [1.807, 2.05) is 27.7 Å². The molecule has 1 N–H and O–H groups in total. The van der Waals surface area contributed by atoms with E-state index in [0.29, 0.717) is 13.2 Å². The van der Waals surface area contributed by atoms with E-state index in [9.17, 15) is 9.59 Å². The van der Waals surface area contributed by atoms with Crippen LogP contribution in [-0.2, 0) is 9.59 Å². The van der Waals surface area contributed by atoms with Crippen molar-refractivity contribution in [1.82, 2.24) is 10.2 Å². The summed E-state index contributed by atoms with van der Waals surface area (Å²) in [7, 11) is 0. The fraction of sp³-hybridized carbons (Fsp3) is 0.875. The molecule has 2 atom stereocenters. The zero-order chi connectivity index (χ0) is 15.7. The van der Waals surface area contributed by atoms with Crippen molar-refractivity contribution >= 4 is 11.8 Å². The van der Waals surface area contributed by atoms with Gasteiger partial charge in [0.05, 0.1) is 18.5 Å². The van der Waals surface area contributed by atoms with Crippen molar-refractivity contribution in [1.29, 1.82) is 0 Å². The second-order valence-electron chi connectivity index (χ2n) is 7.99. The Morgan fingerprint density at radius 1 is 1.05 bits per heavy atom. The Kier molecular flexibility index (Phi) is 4.88. The van der Waals surface area contributed by atoms with Crippen LogP contribution in [0.1, 0.15) is 54.9 Å². The topological polar surface area (TPSA) is 49.4 Å². The van der Waals surface area contributed by atoms with Crippen LogP contribution in [0.4, 0.5) is 0 Å². The van der Waals surface area contributed by atoms with Crippen LogP contribution in [0.2, 0.25) is 0 Å². The maximum atomic E-state index is 12.9. The lowest BCUT2D eigenvalue weighted by atomic mass is 9.63. The van der Waals surface area contributed by atoms with E-state index >= 15 is 0 Å². The Morgan fingerprint density at radius 2 is 1.55 bits per heavy atom. The first-order valence-corrected chi connectivity index (χ1v) is 7.56. The quantitative estimate of drug-likeness (QED) is 0.846. The van der Waals surface area contributed by atoms with Gasteiger partial charge in [-0.2, -0.15) is 0 Å². The van der Waals surface area contributed by atoms with Crippen molar-refractivity contribution in [3.63, 3.8) is 0 Å². The van der Waals surface area contributed by atoms with E-state index in [1.165, 1.54) is 0 Å². The van der Waals surface area contributed by atoms with Gasteiger partial charge in [-0.25, -0.2) is 0 Å². The van der Waals surface area contributed by atoms with Crippen molar-refractivity contribution in [2.24, 2.45) is 22.7 Å². The Balaban J connectivity index is 3.28. The third kappa shape index (κ3) is 3.53. The largest absolute Gasteiger partial charge is 0.338 e. The monoisotopic (exact) mass is 282 g/mol. The average molecular weight is 282 g/mol. The lowest BCUT2D eigenvalue weighted by Crippen LogP contribution is -2.47. The summed E-state index contributed by atoms with van der Waals surface area (Å²) < 4.78 is 0. The van der Waals surface area contributed by atoms with Crippen molar-refractivity contribution < 1.29 is 9.59 Å². The smallest absolute Gasteiger partial charge is 0.228 e. The van der Waals surface area contributed by atoms with Gasteiger partial charge in [0.25, 0.3) is 0 Å². The molecule has 2 unspecified atom stereocenters. The van der Waals surface area contributed by atoms with Crippen LogP contribution in [0.25, 0.3) is 0 Å². The average Bonchev–Trinajstić information content (AvgIpc) is 2.38. The summed E-state index contributed by atoms with van der Waals surface area (Å²) in [6, 6.07) is 0. The first-order valence-electron chi connectivity index (χ1n) is 7.56. The van der Waals surface area contributed by atoms with Crippen molar-refractivity contribution in [3.8, 4) is 0 Å². The summed E-state index contributed by atoms with van der Waals surface area (Å²) in [4.78, 5) is 27.2. The first-order chi connectivity index (χ1) is 9.00. The Labute approximate surface area is 123 Å². The number of nitrogens with one attached hydrogen (secondary N) is 1. The summed E-state index contributed by atoms with van der Waals surface area (Å²) >= 11 is 0. The summed E-state index contributed by atoms with van der Waals surface area (Å²) in [6.07, 6.45) is 0.901. The lowest BCUT2D eigenvalue weighted by molar-refractivity contribution is -0.146. The van der Waals surface area contributed by atoms with Crippen LogP contribution in [0, 0.1) is 22.7 Å². The second-order valence-corrected chi connectivity index (χ2v) is 7.99. The molecular formula is C16H30N2O2. The van der Waals surface area contributed by atoms with Gasteiger partial charge in [-0.1, -0.05) is 48.5 Å². The third-order valence-electron chi connectivity index (χ3n) is 4.00. The van der Waals surface area contributed by atoms with Crippen LogP contribution >= 0.6 is 0 Å². The molecule has 20 heavy (non-hydrogen) atoms. The van der Waals surface area contributed by atoms with Gasteiger partial charge in [0.1, 0.15) is 0 Å². The summed E-state index contributed by atoms with van der Waals surface area (Å²) in [6.45, 7) is 15.4. The van der Waals surface area contributed by atoms with E-state index in [0.717, 1.165) is 6.42 Å². The summed E-state index contributed by atoms with van der Waals surface area (Å²) in [5.41, 5.74) is -0.470. The predicted octanol–water partition coefficient (Wildman–Crippen LogP) is 2.64. The van der Waals surface area contributed by atoms with Gasteiger partial charge in [0.15, 0.2) is 0 Å². The van der Waals surface area contributed by atoms with Crippen molar-refractivity contribution in [2.75, 3.05) is 13.2 Å². The van der Waals surface area contributed by atoms with Crippen LogP contribution in [0.5, 0.6) is 0 Å². The third-order valence-corrected chi connectivity index (χ3v) is 4.00. The van der Waals surface area contributed by atoms with E-state index < -0.39 is 0 Å². The zero-order valence-electron chi connectivity index (χ0n) is 14.0. The summed E-state index contributed by atoms with van der Waals surface area (Å²) in [5, 5.41) is 2.93. The van der Waals surface area contributed by atoms with Gasteiger partial charge in [-0.3, -0.25) is 9.59 Å². The highest BCUT2D eigenvalue weighted by Gasteiger charge is 2.49. The number of rotatable bonds is 2. The number of carbonyl (C=O) groups is 2. The van der Waals surface area contributed by atoms with Crippen LogP contribution in [0.3, 0.4) is 0 Å². The predicted molar refractivity (Wildman–Crippen MR) is 80.9 cm³/mol. The van der Waals surface area contributed by atoms with Gasteiger partial charge < -0.3 is 10.2 Å². The number of carbonyl (C=O) groups excluding carboxylic acids is 2. The molecule has 1 aliphatic rings. The molecule has 1 fully saturated rings. The fourth-order valence-electron chi connectivity index (χ4n) is 3.07. The van der Waals surface area contributed by atoms with Crippen LogP contribution in [-0.4, -0.2) is 29.9 Å². The van der Waals surface area contributed by atoms with Gasteiger partial charge in [-0.15, -0.1) is 0 Å². The molecule has 1 heterocycles. The Bertz CT molecular complexity index is 377. The molecular weight excluding hydrogens is 252 g/mol. The maximum absolute atomic E-state index is 12.9. The molecule has 2 amide bonds. The van der Waals surface area contributed by atoms with Crippen molar-refractivity contribution in [3.05, 3.63) is 0 Å². The zero-order valence-corrected chi connectivity index (χ0v) is 14.0. The van der Waals surface area contributed by atoms with Crippen LogP contribution in [0.15, 0.2) is 0 Å². The standard InChI is InChI=1S/C16H30N2O2/c1-8-9-18-10-17-13(19)11(15(2,3)4)12(14(18)20)16(5,6)7/h11-12H,8-10H2,1-7H3,(H,17,19). The minimum atomic E-state index is -0.295. The van der Waals surface area contributed by atoms with E-state index in [4.69, 9.17) is 0 Å². The normalized spacial score (nSPS) is 25.4. The minimum absolute atomic E-state index is 0.00405. The molecule has 116 valence electrons. The van der Waals surface area contributed by atoms with Gasteiger partial charge >= 0.3 is 0 Å². The number of hydrogen-bond acceptors (Lipinski definition) is 2. The maximum Gasteiger partial charge on any atom is 0.228 e. The Hall–Kier alpha value is -1.06. The lowest BCUT2D eigenvalue weighted by Gasteiger charge is -2.40. The molecule has 0 saturated carbocycles. The highest BCUT2D eigenvalue weighted by molar-refractivity contribution is 5.90. The van der Waals surface area contributed by atoms with E-state index in [2.05, 4.69) is 26.1 Å². The van der Waals surface area contributed by atoms with E-state index in [1.54, 1.807) is 4.90 Å². The second kappa shape index (κ2) is 5.74. The molecule has 1 aliphatic heterocycles. The van der Waals surface area contributed by atoms with Gasteiger partial charge in [0, 0.05) is 6.54 Å². The molecule has 4 nitrogen and oxygen atoms in total.